The fraction of sp³-hybridized carbons (Fsp3) is 0.561. The predicted molar refractivity (Wildman–Crippen MR) is 188 cm³/mol. The smallest absolute Gasteiger partial charge is 0.126 e. The van der Waals surface area contributed by atoms with Crippen LogP contribution in [0.5, 0.6) is 0 Å². The van der Waals surface area contributed by atoms with Crippen molar-refractivity contribution in [1.29, 1.82) is 0 Å². The Bertz CT molecular complexity index is 1160. The first-order valence-electron chi connectivity index (χ1n) is 16.1. The first kappa shape index (κ1) is 41.4. The Morgan fingerprint density at radius 1 is 0.432 bits per heavy atom. The van der Waals surface area contributed by atoms with Crippen molar-refractivity contribution < 1.29 is 13.2 Å². The average Bonchev–Trinajstić information content (AvgIpc) is 2.75. The van der Waals surface area contributed by atoms with Gasteiger partial charge in [0, 0.05) is 6.07 Å². The van der Waals surface area contributed by atoms with Crippen LogP contribution in [0, 0.1) is 45.0 Å². The highest BCUT2D eigenvalue weighted by Gasteiger charge is 2.13. The van der Waals surface area contributed by atoms with Crippen molar-refractivity contribution in [2.75, 3.05) is 0 Å². The second-order valence-corrected chi connectivity index (χ2v) is 17.3. The van der Waals surface area contributed by atoms with E-state index in [4.69, 9.17) is 0 Å². The van der Waals surface area contributed by atoms with Gasteiger partial charge >= 0.3 is 0 Å². The zero-order valence-electron chi connectivity index (χ0n) is 30.5. The predicted octanol–water partition coefficient (Wildman–Crippen LogP) is 13.3. The maximum atomic E-state index is 12.8. The molecule has 0 aliphatic carbocycles. The third kappa shape index (κ3) is 25.9. The van der Waals surface area contributed by atoms with Crippen LogP contribution in [0.2, 0.25) is 0 Å². The average molecular weight is 613 g/mol. The molecule has 0 aliphatic heterocycles. The Labute approximate surface area is 269 Å². The van der Waals surface area contributed by atoms with E-state index in [-0.39, 0.29) is 16.6 Å². The molecule has 0 saturated carbocycles. The van der Waals surface area contributed by atoms with Crippen LogP contribution in [-0.2, 0) is 19.3 Å². The van der Waals surface area contributed by atoms with E-state index in [9.17, 15) is 13.2 Å². The Hall–Kier alpha value is -2.55. The molecular weight excluding hydrogens is 549 g/mol. The Balaban J connectivity index is 0.000000569. The molecule has 0 amide bonds. The fourth-order valence-electron chi connectivity index (χ4n) is 5.02. The van der Waals surface area contributed by atoms with E-state index in [0.29, 0.717) is 22.8 Å². The molecule has 0 atom stereocenters. The SMILES string of the molecule is CC(C)(C)Cc1cc(F)cc(F)c1.CC(C)(C)Cc1cccc(F)c1.CC(C)(C)Cc1ccccc1.CC(C)CC(C)(C)C. The third-order valence-corrected chi connectivity index (χ3v) is 5.88. The van der Waals surface area contributed by atoms with Gasteiger partial charge in [-0.2, -0.15) is 0 Å². The van der Waals surface area contributed by atoms with Gasteiger partial charge in [-0.15, -0.1) is 0 Å². The van der Waals surface area contributed by atoms with Crippen molar-refractivity contribution in [3.63, 3.8) is 0 Å². The largest absolute Gasteiger partial charge is 0.207 e. The fourth-order valence-corrected chi connectivity index (χ4v) is 5.02. The van der Waals surface area contributed by atoms with E-state index in [0.717, 1.165) is 30.4 Å². The van der Waals surface area contributed by atoms with Crippen LogP contribution in [0.25, 0.3) is 0 Å². The van der Waals surface area contributed by atoms with Crippen LogP contribution in [0.1, 0.15) is 120 Å². The maximum Gasteiger partial charge on any atom is 0.126 e. The normalized spacial score (nSPS) is 11.9. The molecule has 0 fully saturated rings. The molecule has 0 radical (unpaired) electrons. The number of benzene rings is 3. The van der Waals surface area contributed by atoms with Crippen LogP contribution < -0.4 is 0 Å². The quantitative estimate of drug-likeness (QED) is 0.275. The number of rotatable bonds is 4. The first-order chi connectivity index (χ1) is 19.8. The lowest BCUT2D eigenvalue weighted by Gasteiger charge is -2.19. The summed E-state index contributed by atoms with van der Waals surface area (Å²) in [7, 11) is 0. The highest BCUT2D eigenvalue weighted by Crippen LogP contribution is 2.24. The minimum atomic E-state index is -0.501. The van der Waals surface area contributed by atoms with Gasteiger partial charge in [-0.25, -0.2) is 13.2 Å². The van der Waals surface area contributed by atoms with Crippen LogP contribution in [0.15, 0.2) is 72.8 Å². The third-order valence-electron chi connectivity index (χ3n) is 5.88. The lowest BCUT2D eigenvalue weighted by Crippen LogP contribution is -2.09. The molecule has 3 aromatic carbocycles. The number of hydrogen-bond donors (Lipinski definition) is 0. The zero-order valence-corrected chi connectivity index (χ0v) is 30.5. The Morgan fingerprint density at radius 3 is 1.18 bits per heavy atom. The van der Waals surface area contributed by atoms with Gasteiger partial charge in [-0.1, -0.05) is 139 Å². The summed E-state index contributed by atoms with van der Waals surface area (Å²) < 4.78 is 38.3. The van der Waals surface area contributed by atoms with Gasteiger partial charge in [0.2, 0.25) is 0 Å². The van der Waals surface area contributed by atoms with Gasteiger partial charge < -0.3 is 0 Å². The molecule has 3 aromatic rings. The zero-order chi connectivity index (χ0) is 34.4. The summed E-state index contributed by atoms with van der Waals surface area (Å²) in [5, 5.41) is 0. The van der Waals surface area contributed by atoms with Crippen molar-refractivity contribution in [1.82, 2.24) is 0 Å². The van der Waals surface area contributed by atoms with Gasteiger partial charge in [0.25, 0.3) is 0 Å². The van der Waals surface area contributed by atoms with Gasteiger partial charge in [0.1, 0.15) is 17.5 Å². The van der Waals surface area contributed by atoms with Gasteiger partial charge in [0.05, 0.1) is 0 Å². The van der Waals surface area contributed by atoms with E-state index in [2.05, 4.69) is 106 Å². The molecule has 0 saturated heterocycles. The minimum absolute atomic E-state index is 0.0558. The molecule has 0 aromatic heterocycles. The van der Waals surface area contributed by atoms with Crippen molar-refractivity contribution in [3.05, 3.63) is 107 Å². The summed E-state index contributed by atoms with van der Waals surface area (Å²) in [5.74, 6) is -0.301. The summed E-state index contributed by atoms with van der Waals surface area (Å²) in [5.41, 5.74) is 4.43. The van der Waals surface area contributed by atoms with E-state index in [1.165, 1.54) is 30.2 Å². The number of hydrogen-bond acceptors (Lipinski definition) is 0. The summed E-state index contributed by atoms with van der Waals surface area (Å²) in [6, 6.07) is 21.1. The van der Waals surface area contributed by atoms with E-state index in [1.54, 1.807) is 12.1 Å². The van der Waals surface area contributed by atoms with Crippen molar-refractivity contribution in [2.24, 2.45) is 27.6 Å². The lowest BCUT2D eigenvalue weighted by molar-refractivity contribution is 0.320. The first-order valence-corrected chi connectivity index (χ1v) is 16.1. The topological polar surface area (TPSA) is 0 Å². The Kier molecular flexibility index (Phi) is 17.4. The van der Waals surface area contributed by atoms with Crippen molar-refractivity contribution in [2.45, 2.75) is 123 Å². The summed E-state index contributed by atoms with van der Waals surface area (Å²) in [6.07, 6.45) is 4.09. The minimum Gasteiger partial charge on any atom is -0.207 e. The second kappa shape index (κ2) is 18.4. The highest BCUT2D eigenvalue weighted by molar-refractivity contribution is 5.19. The van der Waals surface area contributed by atoms with Gasteiger partial charge in [0.15, 0.2) is 0 Å². The molecule has 3 heteroatoms. The molecule has 0 nitrogen and oxygen atoms in total. The summed E-state index contributed by atoms with van der Waals surface area (Å²) >= 11 is 0. The van der Waals surface area contributed by atoms with Crippen LogP contribution in [0.4, 0.5) is 13.2 Å². The highest BCUT2D eigenvalue weighted by atomic mass is 19.1. The van der Waals surface area contributed by atoms with Gasteiger partial charge in [-0.3, -0.25) is 0 Å². The van der Waals surface area contributed by atoms with Crippen LogP contribution in [-0.4, -0.2) is 0 Å². The van der Waals surface area contributed by atoms with Gasteiger partial charge in [-0.05, 0) is 94.2 Å². The van der Waals surface area contributed by atoms with Crippen LogP contribution in [0.3, 0.4) is 0 Å². The molecule has 0 bridgehead atoms. The molecular formula is C41H63F3. The van der Waals surface area contributed by atoms with E-state index < -0.39 is 11.6 Å². The van der Waals surface area contributed by atoms with E-state index in [1.807, 2.05) is 26.8 Å². The molecule has 0 unspecified atom stereocenters. The second-order valence-electron chi connectivity index (χ2n) is 17.3. The Morgan fingerprint density at radius 2 is 0.818 bits per heavy atom. The molecule has 0 heterocycles. The van der Waals surface area contributed by atoms with Crippen molar-refractivity contribution >= 4 is 0 Å². The molecule has 0 N–H and O–H groups in total. The summed E-state index contributed by atoms with van der Waals surface area (Å²) in [4.78, 5) is 0. The molecule has 3 rings (SSSR count). The molecule has 0 aliphatic rings. The summed E-state index contributed by atoms with van der Waals surface area (Å²) in [6.45, 7) is 30.7. The van der Waals surface area contributed by atoms with Crippen molar-refractivity contribution in [3.8, 4) is 0 Å². The van der Waals surface area contributed by atoms with Crippen LogP contribution >= 0.6 is 0 Å². The van der Waals surface area contributed by atoms with E-state index >= 15 is 0 Å². The molecule has 44 heavy (non-hydrogen) atoms. The maximum absolute atomic E-state index is 12.8. The number of halogens is 3. The monoisotopic (exact) mass is 612 g/mol. The molecule has 248 valence electrons. The molecule has 0 spiro atoms. The lowest BCUT2D eigenvalue weighted by atomic mass is 9.86. The standard InChI is InChI=1S/C11H14F2.C11H15F.C11H16.C8H18/c1-11(2,3)7-8-4-9(12)6-10(13)5-8;1-11(2,3)8-9-5-4-6-10(12)7-9;1-11(2,3)9-10-7-5-4-6-8-10;1-7(2)6-8(3,4)5/h4-6H,7H2,1-3H3;4-7H,8H2,1-3H3;4-8H,9H2,1-3H3;7H,6H2,1-5H3.